The number of hydrazine groups is 1. The minimum absolute atomic E-state index is 0.0911. The van der Waals surface area contributed by atoms with Crippen molar-refractivity contribution in [2.24, 2.45) is 35.1 Å². The van der Waals surface area contributed by atoms with Crippen LogP contribution in [0.1, 0.15) is 76.8 Å². The molecule has 2 N–H and O–H groups in total. The third kappa shape index (κ3) is 7.49. The number of carbonyl (C=O) groups excluding carboxylic acids is 2. The quantitative estimate of drug-likeness (QED) is 0.187. The lowest BCUT2D eigenvalue weighted by Gasteiger charge is -2.43. The molecule has 266 valence electrons. The maximum absolute atomic E-state index is 13.8. The van der Waals surface area contributed by atoms with Gasteiger partial charge < -0.3 is 22.9 Å². The zero-order chi connectivity index (χ0) is 34.9. The maximum atomic E-state index is 13.8. The Bertz CT molecular complexity index is 1870. The number of fused-ring (bicyclic) bond motifs is 5. The van der Waals surface area contributed by atoms with Crippen molar-refractivity contribution < 1.29 is 23.3 Å². The highest BCUT2D eigenvalue weighted by Gasteiger charge is 2.41. The van der Waals surface area contributed by atoms with Crippen LogP contribution in [0.3, 0.4) is 0 Å². The van der Waals surface area contributed by atoms with Crippen molar-refractivity contribution in [1.29, 1.82) is 0 Å². The second kappa shape index (κ2) is 14.9. The summed E-state index contributed by atoms with van der Waals surface area (Å²) < 4.78 is 32.0. The summed E-state index contributed by atoms with van der Waals surface area (Å²) in [6.07, 6.45) is 11.8. The molecule has 0 unspecified atom stereocenters. The number of methoxy groups -OCH3 is 1. The second-order valence-electron chi connectivity index (χ2n) is 14.1. The molecule has 3 heterocycles. The van der Waals surface area contributed by atoms with E-state index in [9.17, 15) is 13.8 Å². The monoisotopic (exact) mass is 719 g/mol. The van der Waals surface area contributed by atoms with Crippen molar-refractivity contribution in [3.8, 4) is 5.75 Å². The molecule has 2 aromatic carbocycles. The number of aryl methyl sites for hydroxylation is 1. The number of nitrogens with zero attached hydrogens (tertiary/aromatic N) is 4. The second-order valence-corrected chi connectivity index (χ2v) is 15.8. The number of rotatable bonds is 4. The van der Waals surface area contributed by atoms with E-state index in [0.717, 1.165) is 42.9 Å². The molecule has 4 aliphatic rings. The summed E-state index contributed by atoms with van der Waals surface area (Å²) >= 11 is 6.53. The first kappa shape index (κ1) is 34.7. The molecule has 2 aliphatic carbocycles. The number of anilines is 1. The van der Waals surface area contributed by atoms with Gasteiger partial charge in [0, 0.05) is 44.0 Å². The molecule has 2 saturated carbocycles. The Morgan fingerprint density at radius 2 is 2.00 bits per heavy atom. The largest absolute Gasteiger partial charge is 0.491 e. The first-order chi connectivity index (χ1) is 24.2. The van der Waals surface area contributed by atoms with Gasteiger partial charge in [-0.2, -0.15) is 15.7 Å². The fourth-order valence-corrected chi connectivity index (χ4v) is 8.84. The molecule has 3 aromatic rings. The van der Waals surface area contributed by atoms with E-state index in [1.165, 1.54) is 22.0 Å². The molecule has 0 radical (unpaired) electrons. The highest BCUT2D eigenvalue weighted by molar-refractivity contribution is 7.75. The zero-order valence-electron chi connectivity index (χ0n) is 28.6. The maximum Gasteiger partial charge on any atom is 0.268 e. The molecule has 1 aromatic heterocycles. The molecule has 0 spiro atoms. The van der Waals surface area contributed by atoms with Gasteiger partial charge in [0.05, 0.1) is 30.2 Å². The third-order valence-electron chi connectivity index (χ3n) is 10.7. The van der Waals surface area contributed by atoms with Crippen LogP contribution in [0.4, 0.5) is 5.69 Å². The summed E-state index contributed by atoms with van der Waals surface area (Å²) in [4.78, 5) is 28.9. The lowest BCUT2D eigenvalue weighted by atomic mass is 9.70. The van der Waals surface area contributed by atoms with Crippen LogP contribution >= 0.6 is 11.6 Å². The Labute approximate surface area is 299 Å². The van der Waals surface area contributed by atoms with Gasteiger partial charge in [0.1, 0.15) is 5.75 Å². The first-order valence-electron chi connectivity index (χ1n) is 17.4. The predicted octanol–water partition coefficient (Wildman–Crippen LogP) is 6.15. The molecule has 7 atom stereocenters. The van der Waals surface area contributed by atoms with E-state index in [1.54, 1.807) is 26.4 Å². The zero-order valence-corrected chi connectivity index (χ0v) is 30.2. The standard InChI is InChI=1S/C37H44ClN6O5S/c1-22-5-4-6-33(48-3)29-11-8-25(29)20-44-21-26-7-10-28(38)17-31(26)30-15-23(30)13-14-49-34-12-9-24(16-32(34)44)36(46)42-50(47)37(22)41-40-35(45)27-18-39-43(2)19-27/h4,6-7,9-10,12,16-19,22-23,25,29-30,33,37,41H,5,8,11,13-15,20-21H2,1-3H3,(H,40,45)/q-1/b6-4+/t22-,23+,25-,29+,30-,33-,37-/m0/s1. The Kier molecular flexibility index (Phi) is 10.3. The molecule has 2 fully saturated rings. The Morgan fingerprint density at radius 3 is 2.76 bits per heavy atom. The average Bonchev–Trinajstić information content (AvgIpc) is 3.73. The van der Waals surface area contributed by atoms with Gasteiger partial charge in [-0.1, -0.05) is 36.7 Å². The van der Waals surface area contributed by atoms with Crippen LogP contribution in [-0.4, -0.2) is 53.3 Å². The molecule has 0 saturated heterocycles. The third-order valence-corrected chi connectivity index (χ3v) is 12.3. The van der Waals surface area contributed by atoms with E-state index in [1.807, 2.05) is 31.2 Å². The van der Waals surface area contributed by atoms with Gasteiger partial charge in [0.15, 0.2) is 0 Å². The van der Waals surface area contributed by atoms with Gasteiger partial charge in [-0.05, 0) is 109 Å². The number of ether oxygens (including phenoxy) is 2. The van der Waals surface area contributed by atoms with Crippen LogP contribution < -0.4 is 20.5 Å². The smallest absolute Gasteiger partial charge is 0.268 e. The molecule has 13 heteroatoms. The van der Waals surface area contributed by atoms with E-state index in [4.69, 9.17) is 21.1 Å². The molecule has 2 bridgehead atoms. The van der Waals surface area contributed by atoms with Crippen molar-refractivity contribution in [3.63, 3.8) is 0 Å². The Morgan fingerprint density at radius 1 is 1.14 bits per heavy atom. The van der Waals surface area contributed by atoms with Gasteiger partial charge in [-0.25, -0.2) is 5.43 Å². The molecule has 2 amide bonds. The number of hydrogen-bond donors (Lipinski definition) is 2. The number of allylic oxidation sites excluding steroid dienone is 1. The fourth-order valence-electron chi connectivity index (χ4n) is 7.61. The van der Waals surface area contributed by atoms with Crippen LogP contribution in [0.2, 0.25) is 5.02 Å². The predicted molar refractivity (Wildman–Crippen MR) is 192 cm³/mol. The van der Waals surface area contributed by atoms with Gasteiger partial charge in [0.25, 0.3) is 11.8 Å². The summed E-state index contributed by atoms with van der Waals surface area (Å²) in [5.74, 6) is 1.08. The Hall–Kier alpha value is -3.71. The highest BCUT2D eigenvalue weighted by atomic mass is 35.5. The van der Waals surface area contributed by atoms with Gasteiger partial charge in [-0.15, -0.1) is 0 Å². The number of nitrogens with one attached hydrogen (secondary N) is 2. The molecular formula is C37H44ClN6O5S-. The molecule has 11 nitrogen and oxygen atoms in total. The van der Waals surface area contributed by atoms with Crippen LogP contribution in [0.25, 0.3) is 0 Å². The minimum atomic E-state index is -2.04. The van der Waals surface area contributed by atoms with E-state index < -0.39 is 27.8 Å². The summed E-state index contributed by atoms with van der Waals surface area (Å²) in [6, 6.07) is 11.6. The van der Waals surface area contributed by atoms with Crippen molar-refractivity contribution in [2.45, 2.75) is 63.0 Å². The molecule has 2 aliphatic heterocycles. The lowest BCUT2D eigenvalue weighted by Crippen LogP contribution is -2.47. The SMILES string of the molecule is CO[C@H]1/C=C/C[C@H](C)[C@@H](NNC(=O)c2cnn(C)c2)[S-](=O)=NC(=O)c2ccc3c(c2)N(Cc2ccc(Cl)cc2[C@H]2C[C@H]2CCO3)C[C@@H]2CC[C@H]21. The normalized spacial score (nSPS) is 29.1. The summed E-state index contributed by atoms with van der Waals surface area (Å²) in [7, 11) is 1.43. The number of benzene rings is 2. The van der Waals surface area contributed by atoms with Gasteiger partial charge >= 0.3 is 0 Å². The van der Waals surface area contributed by atoms with E-state index in [2.05, 4.69) is 43.4 Å². The number of amides is 2. The molecular weight excluding hydrogens is 676 g/mol. The van der Waals surface area contributed by atoms with Crippen LogP contribution in [-0.2, 0) is 33.1 Å². The van der Waals surface area contributed by atoms with E-state index in [-0.39, 0.29) is 12.0 Å². The summed E-state index contributed by atoms with van der Waals surface area (Å²) in [5, 5.41) is 3.93. The van der Waals surface area contributed by atoms with Crippen LogP contribution in [0.5, 0.6) is 5.75 Å². The van der Waals surface area contributed by atoms with Crippen molar-refractivity contribution in [2.75, 3.05) is 25.2 Å². The van der Waals surface area contributed by atoms with Gasteiger partial charge in [-0.3, -0.25) is 19.7 Å². The summed E-state index contributed by atoms with van der Waals surface area (Å²) in [6.45, 7) is 3.86. The number of halogens is 1. The number of carbonyl (C=O) groups is 2. The van der Waals surface area contributed by atoms with E-state index in [0.29, 0.717) is 60.1 Å². The molecule has 7 rings (SSSR count). The van der Waals surface area contributed by atoms with Gasteiger partial charge in [0.2, 0.25) is 0 Å². The van der Waals surface area contributed by atoms with Crippen molar-refractivity contribution >= 4 is 39.7 Å². The Balaban J connectivity index is 1.26. The molecule has 50 heavy (non-hydrogen) atoms. The number of aromatic nitrogens is 2. The van der Waals surface area contributed by atoms with Crippen molar-refractivity contribution in [1.82, 2.24) is 20.6 Å². The van der Waals surface area contributed by atoms with Crippen molar-refractivity contribution in [3.05, 3.63) is 88.2 Å². The minimum Gasteiger partial charge on any atom is -0.491 e. The summed E-state index contributed by atoms with van der Waals surface area (Å²) in [5.41, 5.74) is 9.55. The lowest BCUT2D eigenvalue weighted by molar-refractivity contribution is 0.0133. The average molecular weight is 720 g/mol. The fraction of sp³-hybridized carbons (Fsp3) is 0.486. The first-order valence-corrected chi connectivity index (χ1v) is 18.9. The highest BCUT2D eigenvalue weighted by Crippen LogP contribution is 2.52. The number of hydrogen-bond acceptors (Lipinski definition) is 9. The van der Waals surface area contributed by atoms with Crippen LogP contribution in [0.15, 0.2) is 65.3 Å². The topological polar surface area (TPSA) is 127 Å². The van der Waals surface area contributed by atoms with E-state index >= 15 is 0 Å². The van der Waals surface area contributed by atoms with Crippen LogP contribution in [0, 0.1) is 23.7 Å².